The lowest BCUT2D eigenvalue weighted by atomic mass is 9.96. The molecular weight excluding hydrogens is 394 g/mol. The van der Waals surface area contributed by atoms with Gasteiger partial charge in [-0.3, -0.25) is 4.79 Å². The summed E-state index contributed by atoms with van der Waals surface area (Å²) in [6.45, 7) is 2.82. The Kier molecular flexibility index (Phi) is 6.99. The number of carbonyl (C=O) groups excluding carboxylic acids is 1. The Morgan fingerprint density at radius 1 is 1.17 bits per heavy atom. The highest BCUT2D eigenvalue weighted by Gasteiger charge is 2.41. The van der Waals surface area contributed by atoms with Crippen LogP contribution in [0.4, 0.5) is 0 Å². The number of halogens is 1. The van der Waals surface area contributed by atoms with E-state index in [0.29, 0.717) is 18.3 Å². The quantitative estimate of drug-likeness (QED) is 0.468. The van der Waals surface area contributed by atoms with E-state index < -0.39 is 0 Å². The number of carbonyl (C=O) groups is 1. The van der Waals surface area contributed by atoms with Gasteiger partial charge in [-0.15, -0.1) is 0 Å². The van der Waals surface area contributed by atoms with Crippen LogP contribution in [0.2, 0.25) is 5.02 Å². The SMILES string of the molecule is CCCC(=O)NC[C@@H]1C[C@H]1c1ccc(Cl)c2c1C[C@@H](CCCCc1ccccc1)O2. The third-order valence-electron chi connectivity index (χ3n) is 6.41. The smallest absolute Gasteiger partial charge is 0.219 e. The van der Waals surface area contributed by atoms with E-state index in [0.717, 1.165) is 55.8 Å². The van der Waals surface area contributed by atoms with Gasteiger partial charge in [-0.05, 0) is 67.6 Å². The topological polar surface area (TPSA) is 38.3 Å². The van der Waals surface area contributed by atoms with Gasteiger partial charge in [0.15, 0.2) is 0 Å². The summed E-state index contributed by atoms with van der Waals surface area (Å²) in [6, 6.07) is 14.8. The van der Waals surface area contributed by atoms with Gasteiger partial charge in [0.25, 0.3) is 0 Å². The molecule has 0 spiro atoms. The lowest BCUT2D eigenvalue weighted by molar-refractivity contribution is -0.121. The molecule has 3 atom stereocenters. The molecule has 0 unspecified atom stereocenters. The maximum atomic E-state index is 11.8. The average molecular weight is 426 g/mol. The molecule has 0 saturated heterocycles. The summed E-state index contributed by atoms with van der Waals surface area (Å²) in [5.41, 5.74) is 4.10. The predicted octanol–water partition coefficient (Wildman–Crippen LogP) is 6.08. The first kappa shape index (κ1) is 21.2. The van der Waals surface area contributed by atoms with Crippen LogP contribution in [0.25, 0.3) is 0 Å². The van der Waals surface area contributed by atoms with Crippen molar-refractivity contribution in [3.8, 4) is 5.75 Å². The fraction of sp³-hybridized carbons (Fsp3) is 0.500. The second-order valence-corrected chi connectivity index (χ2v) is 9.18. The number of nitrogens with one attached hydrogen (secondary N) is 1. The van der Waals surface area contributed by atoms with Gasteiger partial charge in [-0.25, -0.2) is 0 Å². The fourth-order valence-corrected chi connectivity index (χ4v) is 4.88. The minimum atomic E-state index is 0.170. The van der Waals surface area contributed by atoms with Gasteiger partial charge < -0.3 is 10.1 Å². The molecule has 2 aromatic rings. The predicted molar refractivity (Wildman–Crippen MR) is 122 cm³/mol. The van der Waals surface area contributed by atoms with Crippen LogP contribution in [0.1, 0.15) is 68.1 Å². The van der Waals surface area contributed by atoms with Crippen molar-refractivity contribution in [3.63, 3.8) is 0 Å². The standard InChI is InChI=1S/C26H32ClNO2/c1-2-8-25(29)28-17-19-15-22(19)21-13-14-24(27)26-23(21)16-20(30-26)12-7-6-11-18-9-4-3-5-10-18/h3-5,9-10,13-14,19-20,22H,2,6-8,11-12,15-17H2,1H3,(H,28,29)/t19-,20+,22+/m0/s1. The lowest BCUT2D eigenvalue weighted by Crippen LogP contribution is -2.25. The van der Waals surface area contributed by atoms with Crippen molar-refractivity contribution in [2.24, 2.45) is 5.92 Å². The maximum Gasteiger partial charge on any atom is 0.219 e. The maximum absolute atomic E-state index is 11.8. The van der Waals surface area contributed by atoms with Gasteiger partial charge in [0.1, 0.15) is 11.9 Å². The molecule has 160 valence electrons. The number of hydrogen-bond acceptors (Lipinski definition) is 2. The fourth-order valence-electron chi connectivity index (χ4n) is 4.66. The van der Waals surface area contributed by atoms with E-state index in [1.165, 1.54) is 23.1 Å². The molecule has 4 heteroatoms. The summed E-state index contributed by atoms with van der Waals surface area (Å²) in [6.07, 6.45) is 8.39. The van der Waals surface area contributed by atoms with E-state index in [9.17, 15) is 4.79 Å². The molecule has 0 radical (unpaired) electrons. The molecule has 2 aliphatic rings. The number of hydrogen-bond donors (Lipinski definition) is 1. The molecule has 1 fully saturated rings. The van der Waals surface area contributed by atoms with E-state index in [-0.39, 0.29) is 12.0 Å². The zero-order valence-electron chi connectivity index (χ0n) is 17.8. The molecule has 0 aromatic heterocycles. The molecule has 0 bridgehead atoms. The minimum absolute atomic E-state index is 0.170. The Balaban J connectivity index is 1.29. The second-order valence-electron chi connectivity index (χ2n) is 8.78. The number of ether oxygens (including phenoxy) is 1. The zero-order valence-corrected chi connectivity index (χ0v) is 18.6. The Labute approximate surface area is 185 Å². The highest BCUT2D eigenvalue weighted by atomic mass is 35.5. The van der Waals surface area contributed by atoms with Crippen LogP contribution in [0.15, 0.2) is 42.5 Å². The molecule has 1 saturated carbocycles. The van der Waals surface area contributed by atoms with Crippen molar-refractivity contribution in [3.05, 3.63) is 64.2 Å². The van der Waals surface area contributed by atoms with E-state index in [1.54, 1.807) is 0 Å². The number of unbranched alkanes of at least 4 members (excludes halogenated alkanes) is 1. The lowest BCUT2D eigenvalue weighted by Gasteiger charge is -2.11. The van der Waals surface area contributed by atoms with Crippen LogP contribution >= 0.6 is 11.6 Å². The second kappa shape index (κ2) is 9.87. The van der Waals surface area contributed by atoms with Gasteiger partial charge in [-0.2, -0.15) is 0 Å². The van der Waals surface area contributed by atoms with Crippen LogP contribution in [-0.2, 0) is 17.6 Å². The molecule has 1 heterocycles. The third kappa shape index (κ3) is 5.18. The molecule has 1 aliphatic heterocycles. The Hall–Kier alpha value is -2.00. The summed E-state index contributed by atoms with van der Waals surface area (Å²) in [5.74, 6) is 2.14. The Morgan fingerprint density at radius 2 is 2.00 bits per heavy atom. The van der Waals surface area contributed by atoms with Gasteiger partial charge in [0.05, 0.1) is 5.02 Å². The van der Waals surface area contributed by atoms with Gasteiger partial charge in [-0.1, -0.05) is 54.9 Å². The Bertz CT molecular complexity index is 867. The monoisotopic (exact) mass is 425 g/mol. The minimum Gasteiger partial charge on any atom is -0.488 e. The first-order valence-corrected chi connectivity index (χ1v) is 11.8. The molecule has 1 amide bonds. The molecule has 1 aliphatic carbocycles. The van der Waals surface area contributed by atoms with Crippen molar-refractivity contribution in [1.29, 1.82) is 0 Å². The number of fused-ring (bicyclic) bond motifs is 1. The number of rotatable bonds is 10. The van der Waals surface area contributed by atoms with Crippen LogP contribution in [0.5, 0.6) is 5.75 Å². The van der Waals surface area contributed by atoms with Crippen molar-refractivity contribution < 1.29 is 9.53 Å². The van der Waals surface area contributed by atoms with Gasteiger partial charge in [0, 0.05) is 24.9 Å². The molecule has 3 nitrogen and oxygen atoms in total. The first-order chi connectivity index (χ1) is 14.7. The third-order valence-corrected chi connectivity index (χ3v) is 6.71. The zero-order chi connectivity index (χ0) is 20.9. The van der Waals surface area contributed by atoms with E-state index in [4.69, 9.17) is 16.3 Å². The number of amides is 1. The molecule has 1 N–H and O–H groups in total. The highest BCUT2D eigenvalue weighted by Crippen LogP contribution is 2.52. The summed E-state index contributed by atoms with van der Waals surface area (Å²) >= 11 is 6.47. The van der Waals surface area contributed by atoms with Crippen LogP contribution in [-0.4, -0.2) is 18.6 Å². The molecule has 2 aromatic carbocycles. The highest BCUT2D eigenvalue weighted by molar-refractivity contribution is 6.32. The summed E-state index contributed by atoms with van der Waals surface area (Å²) in [5, 5.41) is 3.82. The van der Waals surface area contributed by atoms with Crippen LogP contribution in [0, 0.1) is 5.92 Å². The van der Waals surface area contributed by atoms with E-state index in [1.807, 2.05) is 13.0 Å². The van der Waals surface area contributed by atoms with Crippen LogP contribution < -0.4 is 10.1 Å². The summed E-state index contributed by atoms with van der Waals surface area (Å²) in [7, 11) is 0. The summed E-state index contributed by atoms with van der Waals surface area (Å²) in [4.78, 5) is 11.8. The van der Waals surface area contributed by atoms with E-state index >= 15 is 0 Å². The number of aryl methyl sites for hydroxylation is 1. The van der Waals surface area contributed by atoms with Crippen molar-refractivity contribution in [2.75, 3.05) is 6.54 Å². The van der Waals surface area contributed by atoms with Gasteiger partial charge in [0.2, 0.25) is 5.91 Å². The number of benzene rings is 2. The Morgan fingerprint density at radius 3 is 2.80 bits per heavy atom. The van der Waals surface area contributed by atoms with E-state index in [2.05, 4.69) is 41.7 Å². The molecular formula is C26H32ClNO2. The van der Waals surface area contributed by atoms with Crippen molar-refractivity contribution in [1.82, 2.24) is 5.32 Å². The molecule has 30 heavy (non-hydrogen) atoms. The van der Waals surface area contributed by atoms with Crippen LogP contribution in [0.3, 0.4) is 0 Å². The summed E-state index contributed by atoms with van der Waals surface area (Å²) < 4.78 is 6.27. The average Bonchev–Trinajstić information content (AvgIpc) is 3.39. The van der Waals surface area contributed by atoms with Crippen molar-refractivity contribution in [2.45, 2.75) is 70.3 Å². The first-order valence-electron chi connectivity index (χ1n) is 11.4. The molecule has 4 rings (SSSR count). The van der Waals surface area contributed by atoms with Gasteiger partial charge >= 0.3 is 0 Å². The van der Waals surface area contributed by atoms with Crippen molar-refractivity contribution >= 4 is 17.5 Å². The normalized spacial score (nSPS) is 21.7. The largest absolute Gasteiger partial charge is 0.488 e.